The number of carboxylic acid groups (broad SMARTS) is 2. The maximum Gasteiger partial charge on any atom is 0.460 e. The highest BCUT2D eigenvalue weighted by molar-refractivity contribution is 7.90. The van der Waals surface area contributed by atoms with Gasteiger partial charge in [0.15, 0.2) is 0 Å². The summed E-state index contributed by atoms with van der Waals surface area (Å²) < 4.78 is 513. The molecule has 0 amide bonds. The summed E-state index contributed by atoms with van der Waals surface area (Å²) in [6.45, 7) is -9.53. The van der Waals surface area contributed by atoms with Gasteiger partial charge < -0.3 is 10.2 Å². The van der Waals surface area contributed by atoms with Gasteiger partial charge in [-0.3, -0.25) is 0 Å². The number of sulfonamides is 2. The monoisotopic (exact) mass is 1220 g/mol. The van der Waals surface area contributed by atoms with E-state index in [1.54, 1.807) is 0 Å². The van der Waals surface area contributed by atoms with Gasteiger partial charge in [-0.2, -0.15) is 158 Å². The number of aliphatic carboxylic acids is 2. The third kappa shape index (κ3) is 9.67. The van der Waals surface area contributed by atoms with Crippen molar-refractivity contribution in [1.82, 2.24) is 8.61 Å². The Morgan fingerprint density at radius 2 is 0.486 bits per heavy atom. The summed E-state index contributed by atoms with van der Waals surface area (Å²) in [4.78, 5) is 23.7. The van der Waals surface area contributed by atoms with E-state index in [2.05, 4.69) is 0 Å². The predicted molar refractivity (Wildman–Crippen MR) is 165 cm³/mol. The van der Waals surface area contributed by atoms with Gasteiger partial charge in [0.25, 0.3) is 20.0 Å². The maximum atomic E-state index is 14.8. The number of halogens is 34. The molecule has 0 aromatic carbocycles. The molecule has 0 atom stereocenters. The minimum atomic E-state index is -9.36. The van der Waals surface area contributed by atoms with Crippen LogP contribution in [0.15, 0.2) is 11.1 Å². The first-order valence-corrected chi connectivity index (χ1v) is 20.2. The minimum absolute atomic E-state index is 0.00147. The van der Waals surface area contributed by atoms with Crippen LogP contribution in [0.2, 0.25) is 0 Å². The number of hydrogen-bond donors (Lipinski definition) is 2. The molecular weight excluding hydrogens is 1200 g/mol. The van der Waals surface area contributed by atoms with E-state index < -0.39 is 185 Å². The fourth-order valence-electron chi connectivity index (χ4n) is 5.09. The van der Waals surface area contributed by atoms with Gasteiger partial charge in [0.05, 0.1) is 0 Å². The molecule has 0 aromatic rings. The molecule has 0 saturated carbocycles. The molecule has 0 aliphatic carbocycles. The van der Waals surface area contributed by atoms with Crippen LogP contribution in [0.4, 0.5) is 149 Å². The molecule has 0 unspecified atom stereocenters. The number of hydrogen-bond acceptors (Lipinski definition) is 6. The lowest BCUT2D eigenvalue weighted by molar-refractivity contribution is -0.458. The number of carbonyl (C=O) groups is 2. The number of rotatable bonds is 26. The van der Waals surface area contributed by atoms with Crippen molar-refractivity contribution >= 4 is 32.0 Å². The molecule has 0 rings (SSSR count). The van der Waals surface area contributed by atoms with E-state index in [1.807, 2.05) is 0 Å². The van der Waals surface area contributed by atoms with Gasteiger partial charge in [0.1, 0.15) is 0 Å². The number of carboxylic acids is 2. The SMILES string of the molecule is CCN(CC/C(C(=O)O)=C(/CCN(CC)S(=O)(=O)C(F)(F)C(F)(F)C(F)(F)C(F)(F)C(F)(F)C(F)(F)C(F)(F)C(F)(F)F)C(=O)O)S(=O)(=O)C(F)(F)C(F)(F)C(F)(F)C(F)(F)C(F)(F)C(F)(F)C(F)(F)C(F)(F)F. The van der Waals surface area contributed by atoms with Crippen LogP contribution in [0, 0.1) is 0 Å². The van der Waals surface area contributed by atoms with Crippen molar-refractivity contribution in [2.75, 3.05) is 26.2 Å². The molecule has 0 aliphatic heterocycles. The van der Waals surface area contributed by atoms with Crippen LogP contribution < -0.4 is 0 Å². The van der Waals surface area contributed by atoms with Crippen LogP contribution in [0.5, 0.6) is 0 Å². The molecule has 0 aliphatic rings. The lowest BCUT2D eigenvalue weighted by atomic mass is 9.91. The van der Waals surface area contributed by atoms with E-state index in [1.165, 1.54) is 0 Å². The molecule has 0 spiro atoms. The molecule has 46 heteroatoms. The van der Waals surface area contributed by atoms with Gasteiger partial charge in [0.2, 0.25) is 0 Å². The van der Waals surface area contributed by atoms with Gasteiger partial charge in [-0.15, -0.1) is 0 Å². The highest BCUT2D eigenvalue weighted by atomic mass is 32.2. The predicted octanol–water partition coefficient (Wildman–Crippen LogP) is 10.5. The molecule has 0 bridgehead atoms. The Morgan fingerprint density at radius 3 is 0.635 bits per heavy atom. The van der Waals surface area contributed by atoms with E-state index in [4.69, 9.17) is 0 Å². The normalized spacial score (nSPS) is 16.5. The van der Waals surface area contributed by atoms with Crippen LogP contribution in [-0.4, -0.2) is 168 Å². The van der Waals surface area contributed by atoms with Crippen molar-refractivity contribution < 1.29 is 186 Å². The molecule has 10 nitrogen and oxygen atoms in total. The third-order valence-electron chi connectivity index (χ3n) is 9.52. The second-order valence-electron chi connectivity index (χ2n) is 14.0. The lowest BCUT2D eigenvalue weighted by Gasteiger charge is -2.43. The highest BCUT2D eigenvalue weighted by Gasteiger charge is 2.98. The summed E-state index contributed by atoms with van der Waals surface area (Å²) in [7, 11) is -16.6. The number of alkyl halides is 34. The summed E-state index contributed by atoms with van der Waals surface area (Å²) in [6.07, 6.45) is -21.2. The Kier molecular flexibility index (Phi) is 18.5. The van der Waals surface area contributed by atoms with Crippen molar-refractivity contribution in [3.63, 3.8) is 0 Å². The Bertz CT molecular complexity index is 2180. The first kappa shape index (κ1) is 70.1. The molecule has 0 aromatic heterocycles. The Labute approximate surface area is 384 Å². The lowest BCUT2D eigenvalue weighted by Crippen LogP contribution is -2.75. The zero-order valence-corrected chi connectivity index (χ0v) is 35.8. The molecule has 0 saturated heterocycles. The maximum absolute atomic E-state index is 14.8. The second-order valence-corrected chi connectivity index (χ2v) is 17.9. The summed E-state index contributed by atoms with van der Waals surface area (Å²) in [5.41, 5.74) is -4.69. The van der Waals surface area contributed by atoms with Crippen molar-refractivity contribution in [3.8, 4) is 0 Å². The molecule has 74 heavy (non-hydrogen) atoms. The zero-order valence-electron chi connectivity index (χ0n) is 34.1. The van der Waals surface area contributed by atoms with Crippen molar-refractivity contribution in [3.05, 3.63) is 11.1 Å². The van der Waals surface area contributed by atoms with E-state index in [0.717, 1.165) is 0 Å². The topological polar surface area (TPSA) is 149 Å². The van der Waals surface area contributed by atoms with Crippen LogP contribution >= 0.6 is 0 Å². The zero-order chi connectivity index (χ0) is 60.7. The standard InChI is InChI=1S/C28H20F34N2O8S2/c1-3-63(73(69,70)27(59,60)23(49,50)19(41,42)15(33,34)13(29,30)17(37,38)21(45,46)25(53,54)55)7-5-9(11(65)66)10(12(67)68)6-8-64(4-2)74(71,72)28(61,62)24(51,52)20(43,44)16(35,36)14(31,32)18(39,40)22(47,48)26(56,57)58/h3-8H2,1-2H3,(H,65,66)(H,67,68)/b10-9+. The first-order valence-electron chi connectivity index (χ1n) is 17.4. The Balaban J connectivity index is 7.49. The number of nitrogens with zero attached hydrogens (tertiary/aromatic N) is 2. The van der Waals surface area contributed by atoms with Crippen LogP contribution in [0.1, 0.15) is 26.7 Å². The van der Waals surface area contributed by atoms with Crippen molar-refractivity contribution in [2.45, 2.75) is 121 Å². The largest absolute Gasteiger partial charge is 0.478 e. The molecule has 440 valence electrons. The van der Waals surface area contributed by atoms with Crippen LogP contribution in [0.25, 0.3) is 0 Å². The first-order chi connectivity index (χ1) is 31.8. The molecule has 0 fully saturated rings. The van der Waals surface area contributed by atoms with Crippen molar-refractivity contribution in [1.29, 1.82) is 0 Å². The fraction of sp³-hybridized carbons (Fsp3) is 0.857. The molecule has 0 radical (unpaired) electrons. The van der Waals surface area contributed by atoms with Crippen molar-refractivity contribution in [2.24, 2.45) is 0 Å². The Morgan fingerprint density at radius 1 is 0.324 bits per heavy atom. The Hall–Kier alpha value is -3.88. The highest BCUT2D eigenvalue weighted by Crippen LogP contribution is 2.66. The second kappa shape index (κ2) is 19.5. The van der Waals surface area contributed by atoms with Gasteiger partial charge in [-0.25, -0.2) is 26.4 Å². The van der Waals surface area contributed by atoms with Gasteiger partial charge in [-0.05, 0) is 12.8 Å². The molecule has 2 N–H and O–H groups in total. The van der Waals surface area contributed by atoms with Crippen LogP contribution in [0.3, 0.4) is 0 Å². The summed E-state index contributed by atoms with van der Waals surface area (Å²) in [5, 5.41) is 2.11. The van der Waals surface area contributed by atoms with Gasteiger partial charge in [0, 0.05) is 37.3 Å². The van der Waals surface area contributed by atoms with E-state index in [0.29, 0.717) is 0 Å². The summed E-state index contributed by atoms with van der Waals surface area (Å²) in [6, 6.07) is 0. The van der Waals surface area contributed by atoms with E-state index in [9.17, 15) is 186 Å². The molecular formula is C28H20F34N2O8S2. The average Bonchev–Trinajstić information content (AvgIpc) is 3.19. The average molecular weight is 1220 g/mol. The minimum Gasteiger partial charge on any atom is -0.478 e. The van der Waals surface area contributed by atoms with Gasteiger partial charge in [-0.1, -0.05) is 13.8 Å². The van der Waals surface area contributed by atoms with Gasteiger partial charge >= 0.3 is 106 Å². The smallest absolute Gasteiger partial charge is 0.460 e. The summed E-state index contributed by atoms with van der Waals surface area (Å²) in [5.74, 6) is -115. The van der Waals surface area contributed by atoms with E-state index in [-0.39, 0.29) is 13.8 Å². The van der Waals surface area contributed by atoms with Crippen LogP contribution in [-0.2, 0) is 29.6 Å². The van der Waals surface area contributed by atoms with E-state index >= 15 is 0 Å². The third-order valence-corrected chi connectivity index (χ3v) is 13.6. The quantitative estimate of drug-likeness (QED) is 0.0642. The summed E-state index contributed by atoms with van der Waals surface area (Å²) >= 11 is 0. The molecule has 0 heterocycles. The fourth-order valence-corrected chi connectivity index (χ4v) is 7.99.